The number of nitrogens with zero attached hydrogens (tertiary/aromatic N) is 2. The number of nitrogens with one attached hydrogen (secondary N) is 1. The van der Waals surface area contributed by atoms with Gasteiger partial charge >= 0.3 is 0 Å². The molecule has 0 bridgehead atoms. The van der Waals surface area contributed by atoms with E-state index in [1.165, 1.54) is 0 Å². The van der Waals surface area contributed by atoms with Crippen molar-refractivity contribution in [2.45, 2.75) is 6.92 Å². The van der Waals surface area contributed by atoms with Crippen LogP contribution in [0, 0.1) is 0 Å². The molecular formula is C19H19N3O3. The third-order valence-electron chi connectivity index (χ3n) is 3.62. The molecule has 1 amide bonds. The van der Waals surface area contributed by atoms with Crippen LogP contribution in [0.5, 0.6) is 11.5 Å². The number of hydrogen-bond donors (Lipinski definition) is 1. The number of amides is 1. The molecule has 0 fully saturated rings. The highest BCUT2D eigenvalue weighted by molar-refractivity contribution is 6.04. The number of carbonyl (C=O) groups excluding carboxylic acids is 1. The summed E-state index contributed by atoms with van der Waals surface area (Å²) in [4.78, 5) is 12.4. The van der Waals surface area contributed by atoms with Crippen molar-refractivity contribution >= 4 is 11.6 Å². The number of anilines is 1. The number of ether oxygens (including phenoxy) is 2. The van der Waals surface area contributed by atoms with Gasteiger partial charge in [0.2, 0.25) is 0 Å². The van der Waals surface area contributed by atoms with E-state index in [-0.39, 0.29) is 5.91 Å². The van der Waals surface area contributed by atoms with E-state index < -0.39 is 0 Å². The summed E-state index contributed by atoms with van der Waals surface area (Å²) in [5, 5.41) is 7.04. The lowest BCUT2D eigenvalue weighted by molar-refractivity contribution is 0.102. The number of rotatable bonds is 6. The Kier molecular flexibility index (Phi) is 4.99. The molecule has 0 aliphatic carbocycles. The molecule has 1 N–H and O–H groups in total. The largest absolute Gasteiger partial charge is 0.493 e. The smallest absolute Gasteiger partial charge is 0.255 e. The number of aromatic nitrogens is 2. The normalized spacial score (nSPS) is 10.3. The highest BCUT2D eigenvalue weighted by atomic mass is 16.5. The van der Waals surface area contributed by atoms with E-state index in [1.54, 1.807) is 36.2 Å². The van der Waals surface area contributed by atoms with Gasteiger partial charge in [0.15, 0.2) is 11.5 Å². The fourth-order valence-corrected chi connectivity index (χ4v) is 2.41. The van der Waals surface area contributed by atoms with Crippen molar-refractivity contribution in [3.63, 3.8) is 0 Å². The number of methoxy groups -OCH3 is 1. The van der Waals surface area contributed by atoms with Crippen molar-refractivity contribution in [3.05, 3.63) is 66.5 Å². The molecule has 2 aromatic carbocycles. The first kappa shape index (κ1) is 16.6. The van der Waals surface area contributed by atoms with Crippen LogP contribution in [0.2, 0.25) is 0 Å². The van der Waals surface area contributed by atoms with Gasteiger partial charge in [0.1, 0.15) is 0 Å². The molecule has 0 atom stereocenters. The van der Waals surface area contributed by atoms with Gasteiger partial charge in [-0.2, -0.15) is 5.10 Å². The maximum atomic E-state index is 12.4. The summed E-state index contributed by atoms with van der Waals surface area (Å²) in [6, 6.07) is 14.4. The molecule has 1 heterocycles. The predicted molar refractivity (Wildman–Crippen MR) is 95.7 cm³/mol. The van der Waals surface area contributed by atoms with Crippen LogP contribution in [0.3, 0.4) is 0 Å². The second-order valence-corrected chi connectivity index (χ2v) is 5.25. The average molecular weight is 337 g/mol. The minimum atomic E-state index is -0.215. The number of benzene rings is 2. The lowest BCUT2D eigenvalue weighted by Crippen LogP contribution is -2.12. The molecule has 0 unspecified atom stereocenters. The van der Waals surface area contributed by atoms with E-state index in [2.05, 4.69) is 10.4 Å². The molecule has 25 heavy (non-hydrogen) atoms. The maximum absolute atomic E-state index is 12.4. The molecule has 0 radical (unpaired) electrons. The molecule has 1 aromatic heterocycles. The van der Waals surface area contributed by atoms with Crippen molar-refractivity contribution < 1.29 is 14.3 Å². The Balaban J connectivity index is 1.73. The van der Waals surface area contributed by atoms with Crippen LogP contribution in [0.1, 0.15) is 17.3 Å². The minimum Gasteiger partial charge on any atom is -0.493 e. The SMILES string of the molecule is CCOc1ccc(C(=O)Nc2ccc(-n3cccn3)cc2)cc1OC. The zero-order valence-corrected chi connectivity index (χ0v) is 14.1. The summed E-state index contributed by atoms with van der Waals surface area (Å²) in [6.07, 6.45) is 3.58. The van der Waals surface area contributed by atoms with Crippen molar-refractivity contribution in [2.24, 2.45) is 0 Å². The summed E-state index contributed by atoms with van der Waals surface area (Å²) < 4.78 is 12.5. The molecular weight excluding hydrogens is 318 g/mol. The van der Waals surface area contributed by atoms with Gasteiger partial charge < -0.3 is 14.8 Å². The van der Waals surface area contributed by atoms with Crippen LogP contribution in [0.25, 0.3) is 5.69 Å². The lowest BCUT2D eigenvalue weighted by atomic mass is 10.1. The lowest BCUT2D eigenvalue weighted by Gasteiger charge is -2.11. The Morgan fingerprint density at radius 2 is 1.96 bits per heavy atom. The summed E-state index contributed by atoms with van der Waals surface area (Å²) in [7, 11) is 1.55. The van der Waals surface area contributed by atoms with Crippen molar-refractivity contribution in [2.75, 3.05) is 19.0 Å². The monoisotopic (exact) mass is 337 g/mol. The van der Waals surface area contributed by atoms with E-state index in [9.17, 15) is 4.79 Å². The zero-order valence-electron chi connectivity index (χ0n) is 14.1. The molecule has 6 nitrogen and oxygen atoms in total. The fraction of sp³-hybridized carbons (Fsp3) is 0.158. The van der Waals surface area contributed by atoms with Crippen molar-refractivity contribution in [3.8, 4) is 17.2 Å². The Hall–Kier alpha value is -3.28. The van der Waals surface area contributed by atoms with Crippen LogP contribution in [0.15, 0.2) is 60.9 Å². The van der Waals surface area contributed by atoms with E-state index in [4.69, 9.17) is 9.47 Å². The summed E-state index contributed by atoms with van der Waals surface area (Å²) in [5.74, 6) is 0.932. The molecule has 0 saturated heterocycles. The topological polar surface area (TPSA) is 65.4 Å². The Morgan fingerprint density at radius 1 is 1.16 bits per heavy atom. The van der Waals surface area contributed by atoms with Crippen LogP contribution in [0.4, 0.5) is 5.69 Å². The molecule has 3 aromatic rings. The van der Waals surface area contributed by atoms with Gasteiger partial charge in [-0.15, -0.1) is 0 Å². The van der Waals surface area contributed by atoms with Crippen LogP contribution < -0.4 is 14.8 Å². The molecule has 128 valence electrons. The highest BCUT2D eigenvalue weighted by Gasteiger charge is 2.11. The van der Waals surface area contributed by atoms with Crippen LogP contribution in [-0.2, 0) is 0 Å². The molecule has 3 rings (SSSR count). The van der Waals surface area contributed by atoms with Gasteiger partial charge in [-0.1, -0.05) is 0 Å². The first-order valence-electron chi connectivity index (χ1n) is 7.93. The second-order valence-electron chi connectivity index (χ2n) is 5.25. The minimum absolute atomic E-state index is 0.215. The predicted octanol–water partition coefficient (Wildman–Crippen LogP) is 3.53. The molecule has 0 aliphatic heterocycles. The van der Waals surface area contributed by atoms with E-state index in [0.29, 0.717) is 29.4 Å². The summed E-state index contributed by atoms with van der Waals surface area (Å²) in [6.45, 7) is 2.43. The molecule has 0 aliphatic rings. The third kappa shape index (κ3) is 3.80. The Bertz CT molecular complexity index is 843. The van der Waals surface area contributed by atoms with Gasteiger partial charge in [0, 0.05) is 23.6 Å². The zero-order chi connectivity index (χ0) is 17.6. The van der Waals surface area contributed by atoms with Gasteiger partial charge in [0.05, 0.1) is 19.4 Å². The van der Waals surface area contributed by atoms with Gasteiger partial charge in [-0.25, -0.2) is 4.68 Å². The average Bonchev–Trinajstić information content (AvgIpc) is 3.17. The number of carbonyl (C=O) groups is 1. The highest BCUT2D eigenvalue weighted by Crippen LogP contribution is 2.28. The molecule has 0 saturated carbocycles. The second kappa shape index (κ2) is 7.53. The first-order chi connectivity index (χ1) is 12.2. The summed E-state index contributed by atoms with van der Waals surface area (Å²) >= 11 is 0. The Labute approximate surface area is 146 Å². The van der Waals surface area contributed by atoms with Gasteiger partial charge in [0.25, 0.3) is 5.91 Å². The van der Waals surface area contributed by atoms with Crippen LogP contribution >= 0.6 is 0 Å². The Morgan fingerprint density at radius 3 is 2.60 bits per heavy atom. The maximum Gasteiger partial charge on any atom is 0.255 e. The third-order valence-corrected chi connectivity index (χ3v) is 3.62. The first-order valence-corrected chi connectivity index (χ1v) is 7.93. The summed E-state index contributed by atoms with van der Waals surface area (Å²) in [5.41, 5.74) is 2.12. The standard InChI is InChI=1S/C19H19N3O3/c1-3-25-17-10-5-14(13-18(17)24-2)19(23)21-15-6-8-16(9-7-15)22-12-4-11-20-22/h4-13H,3H2,1-2H3,(H,21,23). The fourth-order valence-electron chi connectivity index (χ4n) is 2.41. The van der Waals surface area contributed by atoms with Crippen molar-refractivity contribution in [1.82, 2.24) is 9.78 Å². The van der Waals surface area contributed by atoms with Gasteiger partial charge in [-0.3, -0.25) is 4.79 Å². The van der Waals surface area contributed by atoms with E-state index >= 15 is 0 Å². The molecule has 0 spiro atoms. The van der Waals surface area contributed by atoms with E-state index in [0.717, 1.165) is 5.69 Å². The molecule has 6 heteroatoms. The number of hydrogen-bond acceptors (Lipinski definition) is 4. The van der Waals surface area contributed by atoms with E-state index in [1.807, 2.05) is 43.5 Å². The van der Waals surface area contributed by atoms with Crippen molar-refractivity contribution in [1.29, 1.82) is 0 Å². The van der Waals surface area contributed by atoms with Gasteiger partial charge in [-0.05, 0) is 55.5 Å². The van der Waals surface area contributed by atoms with Crippen LogP contribution in [-0.4, -0.2) is 29.4 Å². The quantitative estimate of drug-likeness (QED) is 0.747.